The van der Waals surface area contributed by atoms with Crippen LogP contribution in [-0.4, -0.2) is 5.11 Å². The maximum absolute atomic E-state index is 11.6. The zero-order chi connectivity index (χ0) is 11.8. The maximum Gasteiger partial charge on any atom is 0.187 e. The molecule has 1 aliphatic heterocycles. The van der Waals surface area contributed by atoms with Gasteiger partial charge in [0.2, 0.25) is 0 Å². The summed E-state index contributed by atoms with van der Waals surface area (Å²) in [6.45, 7) is -0.308. The molecule has 84 valence electrons. The van der Waals surface area contributed by atoms with Crippen LogP contribution in [0.25, 0.3) is 22.3 Å². The molecule has 17 heavy (non-hydrogen) atoms. The van der Waals surface area contributed by atoms with Crippen molar-refractivity contribution in [3.8, 4) is 11.3 Å². The van der Waals surface area contributed by atoms with Crippen molar-refractivity contribution in [2.45, 2.75) is 6.61 Å². The zero-order valence-corrected chi connectivity index (χ0v) is 9.01. The third-order valence-corrected chi connectivity index (χ3v) is 2.85. The van der Waals surface area contributed by atoms with Gasteiger partial charge < -0.3 is 9.52 Å². The van der Waals surface area contributed by atoms with Crippen LogP contribution < -0.4 is 5.43 Å². The average Bonchev–Trinajstić information content (AvgIpc) is 2.36. The van der Waals surface area contributed by atoms with Crippen molar-refractivity contribution in [3.63, 3.8) is 0 Å². The van der Waals surface area contributed by atoms with Crippen molar-refractivity contribution in [2.75, 3.05) is 0 Å². The van der Waals surface area contributed by atoms with Gasteiger partial charge in [0.25, 0.3) is 0 Å². The predicted molar refractivity (Wildman–Crippen MR) is 65.0 cm³/mol. The molecule has 0 bridgehead atoms. The second-order valence-electron chi connectivity index (χ2n) is 3.90. The predicted octanol–water partition coefficient (Wildman–Crippen LogP) is 2.39. The first-order valence-electron chi connectivity index (χ1n) is 5.35. The van der Waals surface area contributed by atoms with Crippen LogP contribution in [0.5, 0.6) is 0 Å². The number of aliphatic hydroxyl groups excluding tert-OH is 1. The Morgan fingerprint density at radius 1 is 1.12 bits per heavy atom. The minimum absolute atomic E-state index is 0.195. The molecule has 0 radical (unpaired) electrons. The Kier molecular flexibility index (Phi) is 2.20. The van der Waals surface area contributed by atoms with Crippen LogP contribution in [0.4, 0.5) is 0 Å². The van der Waals surface area contributed by atoms with Crippen LogP contribution in [0, 0.1) is 0 Å². The Morgan fingerprint density at radius 3 is 2.76 bits per heavy atom. The molecule has 0 unspecified atom stereocenters. The first kappa shape index (κ1) is 10.1. The van der Waals surface area contributed by atoms with Gasteiger partial charge in [-0.25, -0.2) is 0 Å². The van der Waals surface area contributed by atoms with Gasteiger partial charge in [-0.05, 0) is 24.3 Å². The molecular formula is C14H10O3. The largest absolute Gasteiger partial charge is 0.456 e. The fourth-order valence-corrected chi connectivity index (χ4v) is 1.98. The van der Waals surface area contributed by atoms with E-state index in [1.54, 1.807) is 6.07 Å². The maximum atomic E-state index is 11.6. The lowest BCUT2D eigenvalue weighted by Crippen LogP contribution is -2.09. The molecule has 0 saturated heterocycles. The van der Waals surface area contributed by atoms with Crippen LogP contribution >= 0.6 is 0 Å². The van der Waals surface area contributed by atoms with Gasteiger partial charge in [0.15, 0.2) is 5.43 Å². The highest BCUT2D eigenvalue weighted by Crippen LogP contribution is 2.29. The number of benzene rings is 2. The number of rotatable bonds is 1. The van der Waals surface area contributed by atoms with Gasteiger partial charge in [0.1, 0.15) is 11.3 Å². The molecule has 3 nitrogen and oxygen atoms in total. The molecule has 1 aromatic carbocycles. The van der Waals surface area contributed by atoms with E-state index in [-0.39, 0.29) is 12.0 Å². The summed E-state index contributed by atoms with van der Waals surface area (Å²) in [7, 11) is 0. The van der Waals surface area contributed by atoms with E-state index in [1.807, 2.05) is 30.3 Å². The smallest absolute Gasteiger partial charge is 0.187 e. The highest BCUT2D eigenvalue weighted by atomic mass is 16.3. The highest BCUT2D eigenvalue weighted by Gasteiger charge is 2.14. The number of fused-ring (bicyclic) bond motifs is 2. The van der Waals surface area contributed by atoms with E-state index in [1.165, 1.54) is 6.07 Å². The van der Waals surface area contributed by atoms with Gasteiger partial charge in [0, 0.05) is 10.9 Å². The number of aliphatic hydroxyl groups is 1. The second-order valence-corrected chi connectivity index (χ2v) is 3.90. The van der Waals surface area contributed by atoms with E-state index >= 15 is 0 Å². The molecule has 3 heteroatoms. The summed E-state index contributed by atoms with van der Waals surface area (Å²) in [5, 5.41) is 10.2. The first-order chi connectivity index (χ1) is 8.29. The summed E-state index contributed by atoms with van der Waals surface area (Å²) >= 11 is 0. The monoisotopic (exact) mass is 226 g/mol. The zero-order valence-electron chi connectivity index (χ0n) is 9.01. The topological polar surface area (TPSA) is 50.4 Å². The summed E-state index contributed by atoms with van der Waals surface area (Å²) in [5.74, 6) is 0.471. The summed E-state index contributed by atoms with van der Waals surface area (Å²) in [4.78, 5) is 11.6. The molecule has 1 aromatic rings. The van der Waals surface area contributed by atoms with Crippen molar-refractivity contribution in [2.24, 2.45) is 0 Å². The molecule has 0 fully saturated rings. The SMILES string of the molecule is O=c1ccc2cc3ccccc3oc-2c1CO. The second kappa shape index (κ2) is 3.71. The summed E-state index contributed by atoms with van der Waals surface area (Å²) < 4.78 is 5.69. The highest BCUT2D eigenvalue weighted by molar-refractivity contribution is 5.83. The fraction of sp³-hybridized carbons (Fsp3) is 0.0714. The van der Waals surface area contributed by atoms with Gasteiger partial charge in [0.05, 0.1) is 12.2 Å². The van der Waals surface area contributed by atoms with Crippen molar-refractivity contribution >= 4 is 11.0 Å². The normalized spacial score (nSPS) is 11.1. The molecular weight excluding hydrogens is 216 g/mol. The van der Waals surface area contributed by atoms with Crippen LogP contribution in [-0.2, 0) is 6.61 Å². The molecule has 0 saturated carbocycles. The molecule has 0 aromatic heterocycles. The molecule has 0 amide bonds. The first-order valence-corrected chi connectivity index (χ1v) is 5.35. The molecule has 2 aliphatic rings. The Balaban J connectivity index is 2.48. The molecule has 0 atom stereocenters. The van der Waals surface area contributed by atoms with E-state index in [0.29, 0.717) is 16.9 Å². The third-order valence-electron chi connectivity index (χ3n) is 2.85. The van der Waals surface area contributed by atoms with Crippen molar-refractivity contribution in [1.82, 2.24) is 0 Å². The van der Waals surface area contributed by atoms with Gasteiger partial charge in [-0.2, -0.15) is 0 Å². The summed E-state index contributed by atoms with van der Waals surface area (Å²) in [6.07, 6.45) is 0. The lowest BCUT2D eigenvalue weighted by atomic mass is 10.0. The van der Waals surface area contributed by atoms with Crippen LogP contribution in [0.1, 0.15) is 5.56 Å². The lowest BCUT2D eigenvalue weighted by molar-refractivity contribution is 0.279. The Bertz CT molecular complexity index is 712. The van der Waals surface area contributed by atoms with E-state index in [9.17, 15) is 9.90 Å². The van der Waals surface area contributed by atoms with E-state index < -0.39 is 0 Å². The minimum atomic E-state index is -0.308. The fourth-order valence-electron chi connectivity index (χ4n) is 1.98. The molecule has 0 spiro atoms. The standard InChI is InChI=1S/C14H10O3/c15-8-11-12(16)6-5-10-7-9-3-1-2-4-13(9)17-14(10)11/h1-7,15H,8H2. The van der Waals surface area contributed by atoms with Gasteiger partial charge in [-0.1, -0.05) is 18.2 Å². The average molecular weight is 226 g/mol. The van der Waals surface area contributed by atoms with E-state index in [2.05, 4.69) is 0 Å². The molecule has 1 heterocycles. The Labute approximate surface area is 97.3 Å². The van der Waals surface area contributed by atoms with Gasteiger partial charge in [-0.15, -0.1) is 0 Å². The minimum Gasteiger partial charge on any atom is -0.456 e. The summed E-state index contributed by atoms with van der Waals surface area (Å²) in [5.41, 5.74) is 1.65. The van der Waals surface area contributed by atoms with E-state index in [0.717, 1.165) is 10.9 Å². The Morgan fingerprint density at radius 2 is 1.94 bits per heavy atom. The van der Waals surface area contributed by atoms with Gasteiger partial charge in [-0.3, -0.25) is 4.79 Å². The van der Waals surface area contributed by atoms with Crippen LogP contribution in [0.2, 0.25) is 0 Å². The molecule has 3 rings (SSSR count). The summed E-state index contributed by atoms with van der Waals surface area (Å²) in [6, 6.07) is 12.7. The number of para-hydroxylation sites is 1. The third kappa shape index (κ3) is 1.52. The number of hydrogen-bond acceptors (Lipinski definition) is 3. The van der Waals surface area contributed by atoms with Crippen molar-refractivity contribution in [1.29, 1.82) is 0 Å². The quantitative estimate of drug-likeness (QED) is 0.648. The molecule has 1 N–H and O–H groups in total. The van der Waals surface area contributed by atoms with Crippen LogP contribution in [0.15, 0.2) is 51.7 Å². The van der Waals surface area contributed by atoms with Crippen LogP contribution in [0.3, 0.4) is 0 Å². The van der Waals surface area contributed by atoms with Crippen molar-refractivity contribution < 1.29 is 9.52 Å². The van der Waals surface area contributed by atoms with E-state index in [4.69, 9.17) is 4.42 Å². The Hall–Kier alpha value is -2.13. The molecule has 1 aliphatic carbocycles. The van der Waals surface area contributed by atoms with Gasteiger partial charge >= 0.3 is 0 Å². The lowest BCUT2D eigenvalue weighted by Gasteiger charge is -2.09. The van der Waals surface area contributed by atoms with Crippen molar-refractivity contribution in [3.05, 3.63) is 58.3 Å². The number of hydrogen-bond donors (Lipinski definition) is 1.